The van der Waals surface area contributed by atoms with Gasteiger partial charge in [-0.25, -0.2) is 0 Å². The summed E-state index contributed by atoms with van der Waals surface area (Å²) in [6, 6.07) is 7.82. The number of non-ortho nitro benzene ring substituents is 1. The molecule has 64 valence electrons. The number of nitrogens with zero attached hydrogens (tertiary/aromatic N) is 2. The third kappa shape index (κ3) is 2.42. The van der Waals surface area contributed by atoms with Crippen LogP contribution < -0.4 is 0 Å². The van der Waals surface area contributed by atoms with Gasteiger partial charge in [-0.15, -0.1) is 0 Å². The zero-order valence-electron chi connectivity index (χ0n) is 6.68. The molecule has 0 aromatic heterocycles. The summed E-state index contributed by atoms with van der Waals surface area (Å²) in [5.41, 5.74) is 0.821. The Morgan fingerprint density at radius 1 is 1.38 bits per heavy atom. The van der Waals surface area contributed by atoms with Crippen molar-refractivity contribution in [2.24, 2.45) is 0 Å². The average molecular weight is 174 g/mol. The Balaban J connectivity index is 2.89. The SMILES string of the molecule is N#C/C=C/c1ccc([N+](=O)[O-])cc1. The second kappa shape index (κ2) is 4.02. The summed E-state index contributed by atoms with van der Waals surface area (Å²) >= 11 is 0. The van der Waals surface area contributed by atoms with Gasteiger partial charge in [-0.2, -0.15) is 5.26 Å². The maximum absolute atomic E-state index is 10.3. The van der Waals surface area contributed by atoms with Gasteiger partial charge in [0, 0.05) is 18.2 Å². The second-order valence-corrected chi connectivity index (χ2v) is 2.31. The van der Waals surface area contributed by atoms with Crippen molar-refractivity contribution in [2.45, 2.75) is 0 Å². The zero-order chi connectivity index (χ0) is 9.68. The Bertz CT molecular complexity index is 374. The van der Waals surface area contributed by atoms with Crippen LogP contribution in [0.15, 0.2) is 30.3 Å². The maximum atomic E-state index is 10.3. The highest BCUT2D eigenvalue weighted by Crippen LogP contribution is 2.12. The van der Waals surface area contributed by atoms with Gasteiger partial charge < -0.3 is 0 Å². The Labute approximate surface area is 74.9 Å². The van der Waals surface area contributed by atoms with E-state index < -0.39 is 4.92 Å². The molecule has 0 amide bonds. The Hall–Kier alpha value is -2.15. The van der Waals surface area contributed by atoms with Crippen LogP contribution in [-0.4, -0.2) is 4.92 Å². The highest BCUT2D eigenvalue weighted by Gasteiger charge is 2.01. The first-order valence-corrected chi connectivity index (χ1v) is 3.54. The average Bonchev–Trinajstić information content (AvgIpc) is 2.15. The molecule has 0 heterocycles. The van der Waals surface area contributed by atoms with Crippen molar-refractivity contribution >= 4 is 11.8 Å². The summed E-state index contributed by atoms with van der Waals surface area (Å²) in [4.78, 5) is 9.80. The molecule has 0 aliphatic heterocycles. The molecule has 0 spiro atoms. The smallest absolute Gasteiger partial charge is 0.258 e. The van der Waals surface area contributed by atoms with E-state index in [-0.39, 0.29) is 5.69 Å². The fraction of sp³-hybridized carbons (Fsp3) is 0. The van der Waals surface area contributed by atoms with Gasteiger partial charge >= 0.3 is 0 Å². The molecule has 0 saturated heterocycles. The summed E-state index contributed by atoms with van der Waals surface area (Å²) in [6.45, 7) is 0. The van der Waals surface area contributed by atoms with Crippen LogP contribution in [0.25, 0.3) is 6.08 Å². The van der Waals surface area contributed by atoms with E-state index in [0.29, 0.717) is 0 Å². The highest BCUT2D eigenvalue weighted by molar-refractivity contribution is 5.53. The lowest BCUT2D eigenvalue weighted by molar-refractivity contribution is -0.384. The normalized spacial score (nSPS) is 9.77. The largest absolute Gasteiger partial charge is 0.269 e. The van der Waals surface area contributed by atoms with Crippen LogP contribution in [0.4, 0.5) is 5.69 Å². The van der Waals surface area contributed by atoms with E-state index in [1.165, 1.54) is 18.2 Å². The summed E-state index contributed by atoms with van der Waals surface area (Å²) < 4.78 is 0. The lowest BCUT2D eigenvalue weighted by Crippen LogP contribution is -1.86. The van der Waals surface area contributed by atoms with E-state index >= 15 is 0 Å². The van der Waals surface area contributed by atoms with Crippen molar-refractivity contribution < 1.29 is 4.92 Å². The predicted octanol–water partition coefficient (Wildman–Crippen LogP) is 2.13. The fourth-order valence-corrected chi connectivity index (χ4v) is 0.841. The van der Waals surface area contributed by atoms with Crippen LogP contribution in [0.2, 0.25) is 0 Å². The Morgan fingerprint density at radius 3 is 2.46 bits per heavy atom. The van der Waals surface area contributed by atoms with Crippen molar-refractivity contribution in [3.8, 4) is 6.07 Å². The zero-order valence-corrected chi connectivity index (χ0v) is 6.68. The molecule has 0 bridgehead atoms. The van der Waals surface area contributed by atoms with Crippen LogP contribution in [-0.2, 0) is 0 Å². The van der Waals surface area contributed by atoms with E-state index in [1.807, 2.05) is 6.07 Å². The minimum Gasteiger partial charge on any atom is -0.258 e. The van der Waals surface area contributed by atoms with E-state index in [9.17, 15) is 10.1 Å². The predicted molar refractivity (Wildman–Crippen MR) is 47.7 cm³/mol. The second-order valence-electron chi connectivity index (χ2n) is 2.31. The van der Waals surface area contributed by atoms with Crippen molar-refractivity contribution in [3.05, 3.63) is 46.0 Å². The van der Waals surface area contributed by atoms with Gasteiger partial charge in [0.25, 0.3) is 5.69 Å². The molecule has 1 aromatic carbocycles. The lowest BCUT2D eigenvalue weighted by Gasteiger charge is -1.91. The number of hydrogen-bond acceptors (Lipinski definition) is 3. The fourth-order valence-electron chi connectivity index (χ4n) is 0.841. The van der Waals surface area contributed by atoms with Crippen molar-refractivity contribution in [1.82, 2.24) is 0 Å². The Kier molecular flexibility index (Phi) is 2.77. The minimum atomic E-state index is -0.461. The number of benzene rings is 1. The summed E-state index contributed by atoms with van der Waals surface area (Å²) in [7, 11) is 0. The van der Waals surface area contributed by atoms with Crippen LogP contribution in [0.3, 0.4) is 0 Å². The van der Waals surface area contributed by atoms with Crippen LogP contribution >= 0.6 is 0 Å². The highest BCUT2D eigenvalue weighted by atomic mass is 16.6. The van der Waals surface area contributed by atoms with Gasteiger partial charge in [-0.1, -0.05) is 0 Å². The molecular weight excluding hydrogens is 168 g/mol. The maximum Gasteiger partial charge on any atom is 0.269 e. The number of rotatable bonds is 2. The molecule has 0 unspecified atom stereocenters. The van der Waals surface area contributed by atoms with Gasteiger partial charge in [0.2, 0.25) is 0 Å². The third-order valence-electron chi connectivity index (χ3n) is 1.45. The standard InChI is InChI=1S/C9H6N2O2/c10-7-1-2-8-3-5-9(6-4-8)11(12)13/h1-6H/b2-1+. The monoisotopic (exact) mass is 174 g/mol. The molecule has 0 atom stereocenters. The first-order valence-electron chi connectivity index (χ1n) is 3.54. The first kappa shape index (κ1) is 8.94. The van der Waals surface area contributed by atoms with Crippen molar-refractivity contribution in [1.29, 1.82) is 5.26 Å². The number of nitro benzene ring substituents is 1. The van der Waals surface area contributed by atoms with Gasteiger partial charge in [-0.3, -0.25) is 10.1 Å². The molecule has 0 radical (unpaired) electrons. The number of allylic oxidation sites excluding steroid dienone is 1. The molecule has 1 rings (SSSR count). The number of hydrogen-bond donors (Lipinski definition) is 0. The molecule has 0 saturated carbocycles. The van der Waals surface area contributed by atoms with Crippen LogP contribution in [0.5, 0.6) is 0 Å². The molecule has 4 nitrogen and oxygen atoms in total. The van der Waals surface area contributed by atoms with Crippen LogP contribution in [0.1, 0.15) is 5.56 Å². The molecule has 13 heavy (non-hydrogen) atoms. The third-order valence-corrected chi connectivity index (χ3v) is 1.45. The molecule has 0 aliphatic rings. The topological polar surface area (TPSA) is 66.9 Å². The summed E-state index contributed by atoms with van der Waals surface area (Å²) in [6.07, 6.45) is 2.91. The molecule has 4 heteroatoms. The molecular formula is C9H6N2O2. The van der Waals surface area contributed by atoms with Gasteiger partial charge in [-0.05, 0) is 23.8 Å². The summed E-state index contributed by atoms with van der Waals surface area (Å²) in [5.74, 6) is 0. The lowest BCUT2D eigenvalue weighted by atomic mass is 10.2. The molecule has 0 fully saturated rings. The van der Waals surface area contributed by atoms with Crippen molar-refractivity contribution in [3.63, 3.8) is 0 Å². The van der Waals surface area contributed by atoms with E-state index in [0.717, 1.165) is 5.56 Å². The van der Waals surface area contributed by atoms with E-state index in [1.54, 1.807) is 18.2 Å². The van der Waals surface area contributed by atoms with E-state index in [2.05, 4.69) is 0 Å². The van der Waals surface area contributed by atoms with Crippen LogP contribution in [0, 0.1) is 21.4 Å². The molecule has 0 N–H and O–H groups in total. The van der Waals surface area contributed by atoms with Crippen molar-refractivity contribution in [2.75, 3.05) is 0 Å². The first-order chi connectivity index (χ1) is 6.24. The quantitative estimate of drug-likeness (QED) is 0.392. The van der Waals surface area contributed by atoms with Gasteiger partial charge in [0.1, 0.15) is 0 Å². The Morgan fingerprint density at radius 2 is 2.00 bits per heavy atom. The van der Waals surface area contributed by atoms with E-state index in [4.69, 9.17) is 5.26 Å². The number of nitriles is 1. The van der Waals surface area contributed by atoms with Gasteiger partial charge in [0.05, 0.1) is 11.0 Å². The molecule has 1 aromatic rings. The minimum absolute atomic E-state index is 0.0501. The van der Waals surface area contributed by atoms with Gasteiger partial charge in [0.15, 0.2) is 0 Å². The molecule has 0 aliphatic carbocycles. The number of nitro groups is 1. The summed E-state index contributed by atoms with van der Waals surface area (Å²) in [5, 5.41) is 18.5.